The van der Waals surface area contributed by atoms with Crippen molar-refractivity contribution in [2.24, 2.45) is 0 Å². The van der Waals surface area contributed by atoms with Crippen molar-refractivity contribution in [3.63, 3.8) is 0 Å². The molecule has 0 spiro atoms. The maximum absolute atomic E-state index is 11.9. The molecule has 1 N–H and O–H groups in total. The number of aromatic amines is 1. The van der Waals surface area contributed by atoms with Crippen LogP contribution in [-0.4, -0.2) is 40.8 Å². The summed E-state index contributed by atoms with van der Waals surface area (Å²) < 4.78 is 5.90. The summed E-state index contributed by atoms with van der Waals surface area (Å²) in [6.07, 6.45) is 6.54. The van der Waals surface area contributed by atoms with E-state index in [9.17, 15) is 4.79 Å². The number of hydrogen-bond donors (Lipinski definition) is 1. The number of benzene rings is 1. The van der Waals surface area contributed by atoms with E-state index in [2.05, 4.69) is 22.0 Å². The maximum Gasteiger partial charge on any atom is 0.267 e. The van der Waals surface area contributed by atoms with Crippen LogP contribution in [0.1, 0.15) is 43.7 Å². The van der Waals surface area contributed by atoms with Crippen LogP contribution in [0.2, 0.25) is 0 Å². The fraction of sp³-hybridized carbons (Fsp3) is 0.524. The molecule has 5 nitrogen and oxygen atoms in total. The quantitative estimate of drug-likeness (QED) is 0.811. The zero-order valence-electron chi connectivity index (χ0n) is 15.5. The van der Waals surface area contributed by atoms with Crippen molar-refractivity contribution < 1.29 is 4.74 Å². The Balaban J connectivity index is 1.36. The third-order valence-corrected chi connectivity index (χ3v) is 5.72. The van der Waals surface area contributed by atoms with Gasteiger partial charge in [0.05, 0.1) is 12.3 Å². The van der Waals surface area contributed by atoms with Gasteiger partial charge in [0.2, 0.25) is 0 Å². The van der Waals surface area contributed by atoms with Crippen LogP contribution in [0.4, 0.5) is 0 Å². The summed E-state index contributed by atoms with van der Waals surface area (Å²) in [6.45, 7) is 5.40. The molecule has 26 heavy (non-hydrogen) atoms. The second-order valence-electron chi connectivity index (χ2n) is 7.47. The van der Waals surface area contributed by atoms with Gasteiger partial charge in [0.25, 0.3) is 5.56 Å². The molecule has 4 rings (SSSR count). The van der Waals surface area contributed by atoms with Gasteiger partial charge in [-0.05, 0) is 81.8 Å². The first-order valence-electron chi connectivity index (χ1n) is 9.80. The van der Waals surface area contributed by atoms with Crippen LogP contribution >= 0.6 is 0 Å². The third-order valence-electron chi connectivity index (χ3n) is 5.72. The van der Waals surface area contributed by atoms with Gasteiger partial charge in [-0.15, -0.1) is 0 Å². The van der Waals surface area contributed by atoms with Crippen LogP contribution in [-0.2, 0) is 12.8 Å². The van der Waals surface area contributed by atoms with E-state index >= 15 is 0 Å². The summed E-state index contributed by atoms with van der Waals surface area (Å²) in [5.74, 6) is 0.893. The van der Waals surface area contributed by atoms with E-state index in [1.165, 1.54) is 19.4 Å². The van der Waals surface area contributed by atoms with Gasteiger partial charge in [0, 0.05) is 23.7 Å². The Labute approximate surface area is 154 Å². The Morgan fingerprint density at radius 3 is 2.77 bits per heavy atom. The number of ether oxygens (including phenoxy) is 1. The van der Waals surface area contributed by atoms with Crippen LogP contribution in [0.15, 0.2) is 29.1 Å². The van der Waals surface area contributed by atoms with Crippen LogP contribution in [0, 0.1) is 0 Å². The molecule has 1 aliphatic carbocycles. The number of fused-ring (bicyclic) bond motifs is 1. The van der Waals surface area contributed by atoms with Crippen LogP contribution in [0.5, 0.6) is 5.75 Å². The Hall–Kier alpha value is -2.14. The molecule has 1 atom stereocenters. The summed E-state index contributed by atoms with van der Waals surface area (Å²) in [7, 11) is 0. The largest absolute Gasteiger partial charge is 0.494 e. The maximum atomic E-state index is 11.9. The SMILES string of the molecule is CC1CCCN1CCCOc1ccc(-c2n[nH]c(=O)c3c2CCC3)cc1. The molecule has 1 saturated heterocycles. The molecule has 1 aromatic carbocycles. The number of nitrogens with one attached hydrogen (secondary N) is 1. The van der Waals surface area contributed by atoms with Gasteiger partial charge in [-0.2, -0.15) is 5.10 Å². The van der Waals surface area contributed by atoms with Gasteiger partial charge < -0.3 is 9.64 Å². The van der Waals surface area contributed by atoms with Crippen molar-refractivity contribution >= 4 is 0 Å². The van der Waals surface area contributed by atoms with Gasteiger partial charge in [-0.1, -0.05) is 0 Å². The van der Waals surface area contributed by atoms with Gasteiger partial charge in [0.1, 0.15) is 5.75 Å². The molecule has 2 heterocycles. The van der Waals surface area contributed by atoms with Gasteiger partial charge in [-0.3, -0.25) is 4.79 Å². The number of H-pyrrole nitrogens is 1. The number of hydrogen-bond acceptors (Lipinski definition) is 4. The summed E-state index contributed by atoms with van der Waals surface area (Å²) in [5, 5.41) is 6.94. The molecular weight excluding hydrogens is 326 g/mol. The summed E-state index contributed by atoms with van der Waals surface area (Å²) in [6, 6.07) is 8.80. The lowest BCUT2D eigenvalue weighted by atomic mass is 10.0. The second kappa shape index (κ2) is 7.62. The summed E-state index contributed by atoms with van der Waals surface area (Å²) >= 11 is 0. The highest BCUT2D eigenvalue weighted by Gasteiger charge is 2.20. The van der Waals surface area contributed by atoms with Crippen molar-refractivity contribution in [1.82, 2.24) is 15.1 Å². The van der Waals surface area contributed by atoms with Crippen LogP contribution < -0.4 is 10.3 Å². The molecule has 2 aromatic rings. The highest BCUT2D eigenvalue weighted by atomic mass is 16.5. The molecule has 0 radical (unpaired) electrons. The molecule has 1 aromatic heterocycles. The van der Waals surface area contributed by atoms with Gasteiger partial charge >= 0.3 is 0 Å². The number of rotatable bonds is 6. The third kappa shape index (κ3) is 3.54. The minimum absolute atomic E-state index is 0.0338. The zero-order chi connectivity index (χ0) is 17.9. The van der Waals surface area contributed by atoms with E-state index in [-0.39, 0.29) is 5.56 Å². The highest BCUT2D eigenvalue weighted by molar-refractivity contribution is 5.65. The monoisotopic (exact) mass is 353 g/mol. The topological polar surface area (TPSA) is 58.2 Å². The lowest BCUT2D eigenvalue weighted by Crippen LogP contribution is -2.28. The van der Waals surface area contributed by atoms with Crippen molar-refractivity contribution in [3.05, 3.63) is 45.7 Å². The molecular formula is C21H27N3O2. The van der Waals surface area contributed by atoms with Crippen molar-refractivity contribution in [3.8, 4) is 17.0 Å². The lowest BCUT2D eigenvalue weighted by molar-refractivity contribution is 0.230. The number of nitrogens with zero attached hydrogens (tertiary/aromatic N) is 2. The van der Waals surface area contributed by atoms with E-state index in [1.54, 1.807) is 0 Å². The number of likely N-dealkylation sites (tertiary alicyclic amines) is 1. The number of aromatic nitrogens is 2. The van der Waals surface area contributed by atoms with E-state index < -0.39 is 0 Å². The van der Waals surface area contributed by atoms with E-state index in [1.807, 2.05) is 24.3 Å². The van der Waals surface area contributed by atoms with Crippen LogP contribution in [0.25, 0.3) is 11.3 Å². The van der Waals surface area contributed by atoms with Crippen LogP contribution in [0.3, 0.4) is 0 Å². The molecule has 5 heteroatoms. The van der Waals surface area contributed by atoms with E-state index in [4.69, 9.17) is 4.74 Å². The molecule has 0 bridgehead atoms. The van der Waals surface area contributed by atoms with Gasteiger partial charge in [-0.25, -0.2) is 5.10 Å². The van der Waals surface area contributed by atoms with Crippen molar-refractivity contribution in [2.45, 2.75) is 51.5 Å². The predicted octanol–water partition coefficient (Wildman–Crippen LogP) is 3.18. The fourth-order valence-corrected chi connectivity index (χ4v) is 4.23. The minimum atomic E-state index is -0.0338. The second-order valence-corrected chi connectivity index (χ2v) is 7.47. The Morgan fingerprint density at radius 2 is 2.00 bits per heavy atom. The molecule has 2 aliphatic rings. The Kier molecular flexibility index (Phi) is 5.07. The molecule has 1 aliphatic heterocycles. The smallest absolute Gasteiger partial charge is 0.267 e. The van der Waals surface area contributed by atoms with E-state index in [0.29, 0.717) is 0 Å². The molecule has 1 unspecified atom stereocenters. The zero-order valence-corrected chi connectivity index (χ0v) is 15.5. The molecule has 0 amide bonds. The standard InChI is InChI=1S/C21H27N3O2/c1-15-5-3-12-24(15)13-4-14-26-17-10-8-16(9-11-17)20-18-6-2-7-19(18)21(25)23-22-20/h8-11,15H,2-7,12-14H2,1H3,(H,23,25). The predicted molar refractivity (Wildman–Crippen MR) is 103 cm³/mol. The van der Waals surface area contributed by atoms with Crippen molar-refractivity contribution in [1.29, 1.82) is 0 Å². The van der Waals surface area contributed by atoms with E-state index in [0.717, 1.165) is 73.0 Å². The summed E-state index contributed by atoms with van der Waals surface area (Å²) in [4.78, 5) is 14.4. The average molecular weight is 353 g/mol. The van der Waals surface area contributed by atoms with Gasteiger partial charge in [0.15, 0.2) is 0 Å². The first kappa shape index (κ1) is 17.3. The highest BCUT2D eigenvalue weighted by Crippen LogP contribution is 2.29. The minimum Gasteiger partial charge on any atom is -0.494 e. The lowest BCUT2D eigenvalue weighted by Gasteiger charge is -2.20. The molecule has 1 fully saturated rings. The summed E-state index contributed by atoms with van der Waals surface area (Å²) in [5.41, 5.74) is 3.94. The normalized spacial score (nSPS) is 19.7. The Bertz CT molecular complexity index is 813. The molecule has 0 saturated carbocycles. The van der Waals surface area contributed by atoms with Crippen molar-refractivity contribution in [2.75, 3.05) is 19.7 Å². The first-order valence-corrected chi connectivity index (χ1v) is 9.80. The fourth-order valence-electron chi connectivity index (χ4n) is 4.23. The molecule has 138 valence electrons. The Morgan fingerprint density at radius 1 is 1.19 bits per heavy atom. The first-order chi connectivity index (χ1) is 12.7. The average Bonchev–Trinajstić information content (AvgIpc) is 3.30.